The van der Waals surface area contributed by atoms with E-state index in [1.54, 1.807) is 7.11 Å². The molecule has 0 heterocycles. The lowest BCUT2D eigenvalue weighted by atomic mass is 10.0. The van der Waals surface area contributed by atoms with Gasteiger partial charge in [0, 0.05) is 18.2 Å². The van der Waals surface area contributed by atoms with Gasteiger partial charge in [0.2, 0.25) is 0 Å². The summed E-state index contributed by atoms with van der Waals surface area (Å²) in [5.74, 6) is 0. The highest BCUT2D eigenvalue weighted by atomic mass is 35.5. The molecule has 0 amide bonds. The molecule has 1 aromatic rings. The summed E-state index contributed by atoms with van der Waals surface area (Å²) < 4.78 is 5.05. The number of hydrogen-bond donors (Lipinski definition) is 2. The number of hydrogen-bond acceptors (Lipinski definition) is 3. The first-order valence-electron chi connectivity index (χ1n) is 5.82. The van der Waals surface area contributed by atoms with Gasteiger partial charge in [-0.15, -0.1) is 0 Å². The Labute approximate surface area is 108 Å². The van der Waals surface area contributed by atoms with E-state index in [0.717, 1.165) is 17.0 Å². The summed E-state index contributed by atoms with van der Waals surface area (Å²) in [6, 6.07) is 7.91. The van der Waals surface area contributed by atoms with Crippen LogP contribution >= 0.6 is 11.6 Å². The molecule has 2 N–H and O–H groups in total. The largest absolute Gasteiger partial charge is 0.395 e. The van der Waals surface area contributed by atoms with Crippen LogP contribution in [0.25, 0.3) is 0 Å². The van der Waals surface area contributed by atoms with Gasteiger partial charge in [-0.25, -0.2) is 0 Å². The normalized spacial score (nSPS) is 14.6. The van der Waals surface area contributed by atoms with Crippen molar-refractivity contribution >= 4 is 11.6 Å². The van der Waals surface area contributed by atoms with Crippen LogP contribution in [-0.2, 0) is 4.74 Å². The average Bonchev–Trinajstić information content (AvgIpc) is 2.34. The summed E-state index contributed by atoms with van der Waals surface area (Å²) in [5.41, 5.74) is 1.13. The maximum absolute atomic E-state index is 9.23. The first kappa shape index (κ1) is 14.5. The fourth-order valence-corrected chi connectivity index (χ4v) is 2.01. The minimum atomic E-state index is -0.0519. The van der Waals surface area contributed by atoms with E-state index in [4.69, 9.17) is 16.3 Å². The predicted octanol–water partition coefficient (Wildman–Crippen LogP) is 2.39. The van der Waals surface area contributed by atoms with Crippen molar-refractivity contribution < 1.29 is 9.84 Å². The molecule has 1 rings (SSSR count). The van der Waals surface area contributed by atoms with Crippen molar-refractivity contribution in [3.05, 3.63) is 34.9 Å². The maximum Gasteiger partial charge on any atom is 0.0638 e. The van der Waals surface area contributed by atoms with Crippen molar-refractivity contribution in [2.75, 3.05) is 20.3 Å². The monoisotopic (exact) mass is 257 g/mol. The number of nitrogens with one attached hydrogen (secondary N) is 1. The van der Waals surface area contributed by atoms with Gasteiger partial charge < -0.3 is 15.2 Å². The topological polar surface area (TPSA) is 41.5 Å². The van der Waals surface area contributed by atoms with Crippen LogP contribution in [-0.4, -0.2) is 31.5 Å². The van der Waals surface area contributed by atoms with E-state index in [1.807, 2.05) is 24.3 Å². The second kappa shape index (κ2) is 7.67. The van der Waals surface area contributed by atoms with Crippen LogP contribution in [0.15, 0.2) is 24.3 Å². The molecule has 0 aliphatic carbocycles. The third-order valence-corrected chi connectivity index (χ3v) is 2.92. The van der Waals surface area contributed by atoms with Gasteiger partial charge in [-0.3, -0.25) is 0 Å². The van der Waals surface area contributed by atoms with Crippen molar-refractivity contribution in [3.63, 3.8) is 0 Å². The van der Waals surface area contributed by atoms with Crippen molar-refractivity contribution in [2.45, 2.75) is 25.4 Å². The number of ether oxygens (including phenoxy) is 1. The van der Waals surface area contributed by atoms with Gasteiger partial charge in [-0.2, -0.15) is 0 Å². The van der Waals surface area contributed by atoms with Gasteiger partial charge in [0.05, 0.1) is 19.3 Å². The van der Waals surface area contributed by atoms with E-state index in [9.17, 15) is 5.11 Å². The zero-order valence-electron chi connectivity index (χ0n) is 10.3. The maximum atomic E-state index is 9.23. The average molecular weight is 258 g/mol. The summed E-state index contributed by atoms with van der Waals surface area (Å²) in [4.78, 5) is 0. The molecule has 96 valence electrons. The Morgan fingerprint density at radius 1 is 1.47 bits per heavy atom. The van der Waals surface area contributed by atoms with E-state index in [-0.39, 0.29) is 18.7 Å². The zero-order valence-corrected chi connectivity index (χ0v) is 11.1. The quantitative estimate of drug-likeness (QED) is 0.788. The second-order valence-corrected chi connectivity index (χ2v) is 4.45. The standard InChI is InChI=1S/C13H20ClNO2/c1-3-13(15-12(8-16)9-17-2)10-5-4-6-11(14)7-10/h4-7,12-13,15-16H,3,8-9H2,1-2H3. The lowest BCUT2D eigenvalue weighted by Gasteiger charge is -2.23. The highest BCUT2D eigenvalue weighted by Gasteiger charge is 2.15. The van der Waals surface area contributed by atoms with Gasteiger partial charge >= 0.3 is 0 Å². The molecular weight excluding hydrogens is 238 g/mol. The van der Waals surface area contributed by atoms with Gasteiger partial charge in [-0.05, 0) is 24.1 Å². The van der Waals surface area contributed by atoms with Crippen LogP contribution in [0.4, 0.5) is 0 Å². The van der Waals surface area contributed by atoms with Crippen molar-refractivity contribution in [1.29, 1.82) is 0 Å². The van der Waals surface area contributed by atoms with Gasteiger partial charge in [0.25, 0.3) is 0 Å². The molecule has 1 aromatic carbocycles. The fourth-order valence-electron chi connectivity index (χ4n) is 1.81. The minimum Gasteiger partial charge on any atom is -0.395 e. The number of rotatable bonds is 7. The SMILES string of the molecule is CCC(NC(CO)COC)c1cccc(Cl)c1. The number of aliphatic hydroxyl groups excluding tert-OH is 1. The summed E-state index contributed by atoms with van der Waals surface area (Å²) in [5, 5.41) is 13.3. The van der Waals surface area contributed by atoms with Crippen LogP contribution < -0.4 is 5.32 Å². The Morgan fingerprint density at radius 2 is 2.24 bits per heavy atom. The molecule has 0 spiro atoms. The van der Waals surface area contributed by atoms with E-state index < -0.39 is 0 Å². The smallest absolute Gasteiger partial charge is 0.0638 e. The molecule has 0 aliphatic rings. The third-order valence-electron chi connectivity index (χ3n) is 2.68. The molecule has 0 fully saturated rings. The highest BCUT2D eigenvalue weighted by Crippen LogP contribution is 2.20. The minimum absolute atomic E-state index is 0.0519. The van der Waals surface area contributed by atoms with Gasteiger partial charge in [-0.1, -0.05) is 30.7 Å². The van der Waals surface area contributed by atoms with Gasteiger partial charge in [0.1, 0.15) is 0 Å². The molecule has 2 atom stereocenters. The summed E-state index contributed by atoms with van der Waals surface area (Å²) in [6.07, 6.45) is 0.931. The van der Waals surface area contributed by atoms with Crippen molar-refractivity contribution in [1.82, 2.24) is 5.32 Å². The molecule has 2 unspecified atom stereocenters. The zero-order chi connectivity index (χ0) is 12.7. The van der Waals surface area contributed by atoms with Crippen LogP contribution in [0.5, 0.6) is 0 Å². The molecule has 0 bridgehead atoms. The Hall–Kier alpha value is -0.610. The number of benzene rings is 1. The molecule has 4 heteroatoms. The lowest BCUT2D eigenvalue weighted by molar-refractivity contribution is 0.121. The first-order valence-corrected chi connectivity index (χ1v) is 6.20. The summed E-state index contributed by atoms with van der Waals surface area (Å²) in [6.45, 7) is 2.65. The number of aliphatic hydroxyl groups is 1. The van der Waals surface area contributed by atoms with Crippen molar-refractivity contribution in [2.24, 2.45) is 0 Å². The second-order valence-electron chi connectivity index (χ2n) is 4.02. The molecule has 0 aromatic heterocycles. The van der Waals surface area contributed by atoms with Gasteiger partial charge in [0.15, 0.2) is 0 Å². The molecular formula is C13H20ClNO2. The lowest BCUT2D eigenvalue weighted by Crippen LogP contribution is -2.38. The number of halogens is 1. The predicted molar refractivity (Wildman–Crippen MR) is 70.4 cm³/mol. The van der Waals surface area contributed by atoms with Crippen LogP contribution in [0.1, 0.15) is 24.9 Å². The van der Waals surface area contributed by atoms with Crippen molar-refractivity contribution in [3.8, 4) is 0 Å². The Morgan fingerprint density at radius 3 is 2.76 bits per heavy atom. The molecule has 0 saturated carbocycles. The van der Waals surface area contributed by atoms with E-state index in [0.29, 0.717) is 6.61 Å². The van der Waals surface area contributed by atoms with Crippen LogP contribution in [0.2, 0.25) is 5.02 Å². The summed E-state index contributed by atoms with van der Waals surface area (Å²) in [7, 11) is 1.63. The van der Waals surface area contributed by atoms with E-state index in [1.165, 1.54) is 0 Å². The molecule has 17 heavy (non-hydrogen) atoms. The molecule has 0 saturated heterocycles. The van der Waals surface area contributed by atoms with E-state index >= 15 is 0 Å². The molecule has 3 nitrogen and oxygen atoms in total. The highest BCUT2D eigenvalue weighted by molar-refractivity contribution is 6.30. The van der Waals surface area contributed by atoms with Crippen LogP contribution in [0, 0.1) is 0 Å². The Balaban J connectivity index is 2.70. The Bertz CT molecular complexity index is 333. The van der Waals surface area contributed by atoms with Crippen LogP contribution in [0.3, 0.4) is 0 Å². The molecule has 0 radical (unpaired) electrons. The Kier molecular flexibility index (Phi) is 6.52. The molecule has 0 aliphatic heterocycles. The number of methoxy groups -OCH3 is 1. The first-order chi connectivity index (χ1) is 8.21. The third kappa shape index (κ3) is 4.64. The summed E-state index contributed by atoms with van der Waals surface area (Å²) >= 11 is 5.98. The van der Waals surface area contributed by atoms with E-state index in [2.05, 4.69) is 12.2 Å². The fraction of sp³-hybridized carbons (Fsp3) is 0.538.